The van der Waals surface area contributed by atoms with Crippen molar-refractivity contribution < 1.29 is 9.59 Å². The Labute approximate surface area is 173 Å². The molecule has 4 aromatic rings. The lowest BCUT2D eigenvalue weighted by Crippen LogP contribution is -2.42. The van der Waals surface area contributed by atoms with Crippen LogP contribution in [0.1, 0.15) is 27.2 Å². The van der Waals surface area contributed by atoms with E-state index in [4.69, 9.17) is 0 Å². The fourth-order valence-electron chi connectivity index (χ4n) is 3.71. The van der Waals surface area contributed by atoms with Crippen LogP contribution in [0.25, 0.3) is 22.7 Å². The summed E-state index contributed by atoms with van der Waals surface area (Å²) in [7, 11) is 0. The topological polar surface area (TPSA) is 63.2 Å². The first kappa shape index (κ1) is 17.9. The van der Waals surface area contributed by atoms with Crippen molar-refractivity contribution in [2.75, 3.05) is 4.90 Å². The Balaban J connectivity index is 1.70. The summed E-state index contributed by atoms with van der Waals surface area (Å²) in [6.45, 7) is 1.88. The lowest BCUT2D eigenvalue weighted by atomic mass is 9.92. The van der Waals surface area contributed by atoms with Crippen LogP contribution in [0.3, 0.4) is 0 Å². The summed E-state index contributed by atoms with van der Waals surface area (Å²) < 4.78 is 0. The monoisotopic (exact) mass is 391 g/mol. The van der Waals surface area contributed by atoms with Gasteiger partial charge in [0.05, 0.1) is 34.2 Å². The Kier molecular flexibility index (Phi) is 4.21. The summed E-state index contributed by atoms with van der Waals surface area (Å²) in [5, 5.41) is 0. The molecule has 2 heterocycles. The molecule has 1 aliphatic heterocycles. The van der Waals surface area contributed by atoms with E-state index >= 15 is 0 Å². The van der Waals surface area contributed by atoms with Crippen molar-refractivity contribution in [3.05, 3.63) is 101 Å². The van der Waals surface area contributed by atoms with Crippen molar-refractivity contribution in [1.82, 2.24) is 9.97 Å². The fraction of sp³-hybridized carbons (Fsp3) is 0.0400. The van der Waals surface area contributed by atoms with Gasteiger partial charge >= 0.3 is 0 Å². The van der Waals surface area contributed by atoms with Gasteiger partial charge in [-0.3, -0.25) is 14.6 Å². The highest BCUT2D eigenvalue weighted by Crippen LogP contribution is 2.34. The number of hydrogen-bond donors (Lipinski definition) is 0. The zero-order chi connectivity index (χ0) is 20.7. The van der Waals surface area contributed by atoms with E-state index in [1.807, 2.05) is 55.5 Å². The van der Waals surface area contributed by atoms with Crippen molar-refractivity contribution in [1.29, 1.82) is 0 Å². The molecule has 0 saturated heterocycles. The number of anilines is 1. The van der Waals surface area contributed by atoms with Gasteiger partial charge < -0.3 is 0 Å². The SMILES string of the molecule is Cc1ccccc1N1C(=O)/C(=C\c2cnc3ccccc3n2)c2ccccc2C1=O. The van der Waals surface area contributed by atoms with E-state index in [-0.39, 0.29) is 11.8 Å². The molecule has 0 saturated carbocycles. The Morgan fingerprint density at radius 1 is 0.767 bits per heavy atom. The molecule has 2 amide bonds. The Hall–Kier alpha value is -4.12. The number of fused-ring (bicyclic) bond motifs is 2. The standard InChI is InChI=1S/C25H17N3O2/c1-16-8-2-7-13-23(16)28-24(29)19-10-4-3-9-18(19)20(25(28)30)14-17-15-26-21-11-5-6-12-22(21)27-17/h2-15H,1H3/b20-14-. The zero-order valence-electron chi connectivity index (χ0n) is 16.2. The van der Waals surface area contributed by atoms with Gasteiger partial charge in [-0.1, -0.05) is 48.5 Å². The van der Waals surface area contributed by atoms with E-state index in [0.29, 0.717) is 28.1 Å². The van der Waals surface area contributed by atoms with Crippen LogP contribution in [0, 0.1) is 6.92 Å². The number of rotatable bonds is 2. The first-order valence-electron chi connectivity index (χ1n) is 9.61. The number of carbonyl (C=O) groups excluding carboxylic acids is 2. The van der Waals surface area contributed by atoms with Crippen LogP contribution in [-0.2, 0) is 4.79 Å². The molecule has 1 aromatic heterocycles. The van der Waals surface area contributed by atoms with Crippen LogP contribution in [0.4, 0.5) is 5.69 Å². The zero-order valence-corrected chi connectivity index (χ0v) is 16.2. The summed E-state index contributed by atoms with van der Waals surface area (Å²) in [5.74, 6) is -0.699. The number of hydrogen-bond acceptors (Lipinski definition) is 4. The van der Waals surface area contributed by atoms with Gasteiger partial charge in [0, 0.05) is 11.1 Å². The minimum Gasteiger partial charge on any atom is -0.268 e. The van der Waals surface area contributed by atoms with E-state index < -0.39 is 0 Å². The maximum absolute atomic E-state index is 13.5. The number of nitrogens with zero attached hydrogens (tertiary/aromatic N) is 3. The Morgan fingerprint density at radius 2 is 1.43 bits per heavy atom. The van der Waals surface area contributed by atoms with Crippen molar-refractivity contribution in [3.63, 3.8) is 0 Å². The van der Waals surface area contributed by atoms with Crippen LogP contribution in [0.5, 0.6) is 0 Å². The van der Waals surface area contributed by atoms with E-state index in [2.05, 4.69) is 9.97 Å². The van der Waals surface area contributed by atoms with Crippen LogP contribution in [-0.4, -0.2) is 21.8 Å². The number of aryl methyl sites for hydroxylation is 1. The molecule has 0 fully saturated rings. The lowest BCUT2D eigenvalue weighted by Gasteiger charge is -2.29. The number of carbonyl (C=O) groups is 2. The lowest BCUT2D eigenvalue weighted by molar-refractivity contribution is -0.112. The minimum absolute atomic E-state index is 0.327. The first-order chi connectivity index (χ1) is 14.6. The number of para-hydroxylation sites is 3. The smallest absolute Gasteiger partial charge is 0.266 e. The summed E-state index contributed by atoms with van der Waals surface area (Å²) in [6.07, 6.45) is 3.35. The molecule has 0 bridgehead atoms. The maximum atomic E-state index is 13.5. The molecule has 144 valence electrons. The number of aromatic nitrogens is 2. The molecule has 0 N–H and O–H groups in total. The van der Waals surface area contributed by atoms with E-state index in [0.717, 1.165) is 16.6 Å². The molecule has 5 heteroatoms. The molecule has 3 aromatic carbocycles. The molecule has 5 nitrogen and oxygen atoms in total. The molecule has 1 aliphatic rings. The molecule has 0 unspecified atom stereocenters. The van der Waals surface area contributed by atoms with Gasteiger partial charge in [0.1, 0.15) is 0 Å². The van der Waals surface area contributed by atoms with E-state index in [9.17, 15) is 9.59 Å². The third-order valence-corrected chi connectivity index (χ3v) is 5.20. The molecule has 30 heavy (non-hydrogen) atoms. The van der Waals surface area contributed by atoms with Gasteiger partial charge in [-0.15, -0.1) is 0 Å². The fourth-order valence-corrected chi connectivity index (χ4v) is 3.71. The van der Waals surface area contributed by atoms with Crippen molar-refractivity contribution in [2.45, 2.75) is 6.92 Å². The second kappa shape index (κ2) is 7.04. The Bertz CT molecular complexity index is 1360. The molecule has 5 rings (SSSR count). The van der Waals surface area contributed by atoms with Crippen LogP contribution in [0.15, 0.2) is 79.0 Å². The first-order valence-corrected chi connectivity index (χ1v) is 9.61. The van der Waals surface area contributed by atoms with Crippen LogP contribution in [0.2, 0.25) is 0 Å². The molecule has 0 atom stereocenters. The van der Waals surface area contributed by atoms with Crippen molar-refractivity contribution in [3.8, 4) is 0 Å². The molecule has 0 aliphatic carbocycles. The van der Waals surface area contributed by atoms with Gasteiger partial charge in [-0.2, -0.15) is 0 Å². The Morgan fingerprint density at radius 3 is 2.23 bits per heavy atom. The second-order valence-corrected chi connectivity index (χ2v) is 7.12. The average Bonchev–Trinajstić information content (AvgIpc) is 2.78. The summed E-state index contributed by atoms with van der Waals surface area (Å²) in [6, 6.07) is 22.1. The van der Waals surface area contributed by atoms with Gasteiger partial charge in [0.15, 0.2) is 0 Å². The summed E-state index contributed by atoms with van der Waals surface area (Å²) in [5.41, 5.74) is 5.03. The van der Waals surface area contributed by atoms with E-state index in [1.54, 1.807) is 36.5 Å². The molecule has 0 spiro atoms. The third-order valence-electron chi connectivity index (χ3n) is 5.20. The van der Waals surface area contributed by atoms with Gasteiger partial charge in [-0.05, 0) is 42.8 Å². The minimum atomic E-state index is -0.372. The predicted octanol–water partition coefficient (Wildman–Crippen LogP) is 4.67. The second-order valence-electron chi connectivity index (χ2n) is 7.12. The van der Waals surface area contributed by atoms with Gasteiger partial charge in [0.2, 0.25) is 0 Å². The average molecular weight is 391 g/mol. The number of benzene rings is 3. The predicted molar refractivity (Wildman–Crippen MR) is 117 cm³/mol. The van der Waals surface area contributed by atoms with Crippen LogP contribution >= 0.6 is 0 Å². The highest BCUT2D eigenvalue weighted by molar-refractivity contribution is 6.43. The molecular formula is C25H17N3O2. The highest BCUT2D eigenvalue weighted by atomic mass is 16.2. The molecule has 0 radical (unpaired) electrons. The van der Waals surface area contributed by atoms with Gasteiger partial charge in [0.25, 0.3) is 11.8 Å². The van der Waals surface area contributed by atoms with Crippen molar-refractivity contribution in [2.24, 2.45) is 0 Å². The molecular weight excluding hydrogens is 374 g/mol. The number of imide groups is 1. The van der Waals surface area contributed by atoms with E-state index in [1.165, 1.54) is 4.90 Å². The third kappa shape index (κ3) is 2.88. The number of amides is 2. The maximum Gasteiger partial charge on any atom is 0.266 e. The quantitative estimate of drug-likeness (QED) is 0.368. The van der Waals surface area contributed by atoms with Gasteiger partial charge in [-0.25, -0.2) is 9.88 Å². The van der Waals surface area contributed by atoms with Crippen LogP contribution < -0.4 is 4.90 Å². The summed E-state index contributed by atoms with van der Waals surface area (Å²) in [4.78, 5) is 37.0. The largest absolute Gasteiger partial charge is 0.268 e. The highest BCUT2D eigenvalue weighted by Gasteiger charge is 2.36. The van der Waals surface area contributed by atoms with Crippen molar-refractivity contribution >= 4 is 40.2 Å². The summed E-state index contributed by atoms with van der Waals surface area (Å²) >= 11 is 0. The normalized spacial score (nSPS) is 15.0.